The van der Waals surface area contributed by atoms with Crippen molar-refractivity contribution in [3.05, 3.63) is 36.2 Å². The number of nitrogens with zero attached hydrogens (tertiary/aromatic N) is 5. The Hall–Kier alpha value is -3.20. The summed E-state index contributed by atoms with van der Waals surface area (Å²) in [5.74, 6) is 0.585. The molecule has 170 valence electrons. The van der Waals surface area contributed by atoms with Crippen LogP contribution in [0.25, 0.3) is 22.5 Å². The molecule has 9 heteroatoms. The molecule has 0 radical (unpaired) electrons. The summed E-state index contributed by atoms with van der Waals surface area (Å²) < 4.78 is 7.38. The fraction of sp³-hybridized carbons (Fsp3) is 0.478. The minimum atomic E-state index is -0.0478. The molecular formula is C23H30N6O3. The van der Waals surface area contributed by atoms with Gasteiger partial charge in [0.1, 0.15) is 5.69 Å². The highest BCUT2D eigenvalue weighted by molar-refractivity contribution is 6.06. The van der Waals surface area contributed by atoms with Gasteiger partial charge in [-0.25, -0.2) is 9.67 Å². The average molecular weight is 439 g/mol. The lowest BCUT2D eigenvalue weighted by Crippen LogP contribution is -2.40. The smallest absolute Gasteiger partial charge is 0.254 e. The van der Waals surface area contributed by atoms with Gasteiger partial charge in [0, 0.05) is 38.8 Å². The van der Waals surface area contributed by atoms with E-state index in [2.05, 4.69) is 15.3 Å². The Morgan fingerprint density at radius 3 is 2.78 bits per heavy atom. The van der Waals surface area contributed by atoms with Crippen molar-refractivity contribution < 1.29 is 14.0 Å². The maximum atomic E-state index is 13.6. The van der Waals surface area contributed by atoms with E-state index in [9.17, 15) is 9.59 Å². The lowest BCUT2D eigenvalue weighted by molar-refractivity contribution is -0.122. The van der Waals surface area contributed by atoms with Crippen LogP contribution in [0.15, 0.2) is 35.1 Å². The highest BCUT2D eigenvalue weighted by Gasteiger charge is 2.25. The quantitative estimate of drug-likeness (QED) is 0.635. The Morgan fingerprint density at radius 1 is 1.22 bits per heavy atom. The molecule has 1 saturated heterocycles. The second-order valence-electron chi connectivity index (χ2n) is 8.33. The highest BCUT2D eigenvalue weighted by atomic mass is 16.3. The lowest BCUT2D eigenvalue weighted by Gasteiger charge is -2.22. The van der Waals surface area contributed by atoms with Crippen molar-refractivity contribution in [3.63, 3.8) is 0 Å². The summed E-state index contributed by atoms with van der Waals surface area (Å²) in [6, 6.07) is 5.55. The highest BCUT2D eigenvalue weighted by Crippen LogP contribution is 2.27. The first-order chi connectivity index (χ1) is 15.5. The van der Waals surface area contributed by atoms with E-state index in [0.29, 0.717) is 55.4 Å². The fourth-order valence-corrected chi connectivity index (χ4v) is 4.08. The van der Waals surface area contributed by atoms with Crippen LogP contribution in [-0.2, 0) is 4.79 Å². The zero-order valence-electron chi connectivity index (χ0n) is 18.9. The van der Waals surface area contributed by atoms with E-state index in [0.717, 1.165) is 18.4 Å². The number of carbonyl (C=O) groups excluding carboxylic acids is 2. The van der Waals surface area contributed by atoms with Crippen LogP contribution in [0.5, 0.6) is 0 Å². The summed E-state index contributed by atoms with van der Waals surface area (Å²) in [6.45, 7) is 9.62. The number of pyridine rings is 1. The normalized spacial score (nSPS) is 15.3. The van der Waals surface area contributed by atoms with Crippen molar-refractivity contribution in [3.8, 4) is 11.5 Å². The second kappa shape index (κ2) is 9.52. The first-order valence-electron chi connectivity index (χ1n) is 11.2. The van der Waals surface area contributed by atoms with Gasteiger partial charge in [-0.3, -0.25) is 14.5 Å². The largest absolute Gasteiger partial charge is 0.463 e. The van der Waals surface area contributed by atoms with Gasteiger partial charge in [0.15, 0.2) is 11.4 Å². The molecule has 0 saturated carbocycles. The zero-order valence-corrected chi connectivity index (χ0v) is 18.9. The van der Waals surface area contributed by atoms with Gasteiger partial charge in [0.25, 0.3) is 5.91 Å². The number of amides is 2. The van der Waals surface area contributed by atoms with E-state index < -0.39 is 0 Å². The van der Waals surface area contributed by atoms with E-state index in [4.69, 9.17) is 9.40 Å². The van der Waals surface area contributed by atoms with Crippen LogP contribution in [0.3, 0.4) is 0 Å². The molecule has 9 nitrogen and oxygen atoms in total. The van der Waals surface area contributed by atoms with Gasteiger partial charge in [0.05, 0.1) is 30.0 Å². The molecule has 1 N–H and O–H groups in total. The average Bonchev–Trinajstić information content (AvgIpc) is 3.39. The van der Waals surface area contributed by atoms with Crippen LogP contribution >= 0.6 is 0 Å². The predicted octanol–water partition coefficient (Wildman–Crippen LogP) is 2.56. The number of likely N-dealkylation sites (N-methyl/N-ethyl adjacent to an activating group) is 1. The number of nitrogens with one attached hydrogen (secondary N) is 1. The van der Waals surface area contributed by atoms with E-state index in [1.54, 1.807) is 24.6 Å². The van der Waals surface area contributed by atoms with Gasteiger partial charge >= 0.3 is 0 Å². The monoisotopic (exact) mass is 438 g/mol. The lowest BCUT2D eigenvalue weighted by atomic mass is 10.1. The molecule has 1 fully saturated rings. The van der Waals surface area contributed by atoms with Gasteiger partial charge in [-0.05, 0) is 45.4 Å². The van der Waals surface area contributed by atoms with Gasteiger partial charge in [0.2, 0.25) is 5.91 Å². The molecule has 3 aromatic rings. The van der Waals surface area contributed by atoms with Crippen molar-refractivity contribution in [2.45, 2.75) is 33.2 Å². The third-order valence-electron chi connectivity index (χ3n) is 5.68. The van der Waals surface area contributed by atoms with Crippen molar-refractivity contribution in [2.24, 2.45) is 0 Å². The molecule has 0 atom stereocenters. The SMILES string of the molecule is CCNC(=O)CN1CCCN(C(=O)c2cc(-c3ccco3)nc3c2cnn3C(C)C)CC1. The molecule has 0 aromatic carbocycles. The maximum Gasteiger partial charge on any atom is 0.254 e. The Labute approximate surface area is 187 Å². The van der Waals surface area contributed by atoms with E-state index in [1.807, 2.05) is 36.4 Å². The Bertz CT molecular complexity index is 1090. The van der Waals surface area contributed by atoms with Crippen LogP contribution in [0, 0.1) is 0 Å². The second-order valence-corrected chi connectivity index (χ2v) is 8.33. The molecule has 2 amide bonds. The minimum absolute atomic E-state index is 0.0207. The number of aromatic nitrogens is 3. The van der Waals surface area contributed by atoms with Crippen LogP contribution in [0.4, 0.5) is 0 Å². The van der Waals surface area contributed by atoms with Crippen molar-refractivity contribution in [2.75, 3.05) is 39.3 Å². The van der Waals surface area contributed by atoms with Gasteiger partial charge in [-0.1, -0.05) is 0 Å². The summed E-state index contributed by atoms with van der Waals surface area (Å²) in [5, 5.41) is 8.06. The number of carbonyl (C=O) groups is 2. The number of rotatable bonds is 6. The molecule has 0 aliphatic carbocycles. The molecule has 1 aliphatic heterocycles. The number of hydrogen-bond acceptors (Lipinski definition) is 6. The van der Waals surface area contributed by atoms with E-state index >= 15 is 0 Å². The Kier molecular flexibility index (Phi) is 6.55. The molecule has 4 heterocycles. The van der Waals surface area contributed by atoms with Gasteiger partial charge < -0.3 is 14.6 Å². The molecule has 0 unspecified atom stereocenters. The molecule has 4 rings (SSSR count). The van der Waals surface area contributed by atoms with Gasteiger partial charge in [-0.15, -0.1) is 0 Å². The summed E-state index contributed by atoms with van der Waals surface area (Å²) >= 11 is 0. The number of hydrogen-bond donors (Lipinski definition) is 1. The topological polar surface area (TPSA) is 96.5 Å². The zero-order chi connectivity index (χ0) is 22.7. The molecule has 1 aliphatic rings. The van der Waals surface area contributed by atoms with E-state index in [-0.39, 0.29) is 17.9 Å². The minimum Gasteiger partial charge on any atom is -0.463 e. The van der Waals surface area contributed by atoms with Gasteiger partial charge in [-0.2, -0.15) is 5.10 Å². The van der Waals surface area contributed by atoms with Crippen LogP contribution in [-0.4, -0.2) is 75.6 Å². The maximum absolute atomic E-state index is 13.6. The van der Waals surface area contributed by atoms with E-state index in [1.165, 1.54) is 0 Å². The number of fused-ring (bicyclic) bond motifs is 1. The Morgan fingerprint density at radius 2 is 2.06 bits per heavy atom. The standard InChI is InChI=1S/C23H30N6O3/c1-4-24-21(30)15-27-8-6-9-28(11-10-27)23(31)17-13-19(20-7-5-12-32-20)26-22-18(17)14-25-29(22)16(2)3/h5,7,12-14,16H,4,6,8-11,15H2,1-3H3,(H,24,30). The van der Waals surface area contributed by atoms with Crippen molar-refractivity contribution in [1.29, 1.82) is 0 Å². The Balaban J connectivity index is 1.62. The molecule has 3 aromatic heterocycles. The van der Waals surface area contributed by atoms with Crippen LogP contribution < -0.4 is 5.32 Å². The molecule has 0 bridgehead atoms. The summed E-state index contributed by atoms with van der Waals surface area (Å²) in [4.78, 5) is 34.3. The third-order valence-corrected chi connectivity index (χ3v) is 5.68. The van der Waals surface area contributed by atoms with Crippen molar-refractivity contribution >= 4 is 22.8 Å². The predicted molar refractivity (Wildman–Crippen MR) is 121 cm³/mol. The summed E-state index contributed by atoms with van der Waals surface area (Å²) in [6.07, 6.45) is 4.14. The molecule has 0 spiro atoms. The first-order valence-corrected chi connectivity index (χ1v) is 11.2. The first kappa shape index (κ1) is 22.0. The van der Waals surface area contributed by atoms with Crippen LogP contribution in [0.2, 0.25) is 0 Å². The third kappa shape index (κ3) is 4.52. The fourth-order valence-electron chi connectivity index (χ4n) is 4.08. The summed E-state index contributed by atoms with van der Waals surface area (Å²) in [7, 11) is 0. The van der Waals surface area contributed by atoms with Crippen LogP contribution in [0.1, 0.15) is 43.6 Å². The molecule has 32 heavy (non-hydrogen) atoms. The molecular weight excluding hydrogens is 408 g/mol. The summed E-state index contributed by atoms with van der Waals surface area (Å²) in [5.41, 5.74) is 1.86. The number of furan rings is 1. The van der Waals surface area contributed by atoms with Crippen molar-refractivity contribution in [1.82, 2.24) is 29.9 Å².